The lowest BCUT2D eigenvalue weighted by atomic mass is 10.0. The van der Waals surface area contributed by atoms with Gasteiger partial charge in [-0.3, -0.25) is 4.72 Å². The zero-order valence-electron chi connectivity index (χ0n) is 16.7. The molecule has 0 aromatic heterocycles. The molecular weight excluding hydrogens is 439 g/mol. The van der Waals surface area contributed by atoms with Crippen molar-refractivity contribution in [3.8, 4) is 0 Å². The molecular formula is C22H21FN2O4S2. The van der Waals surface area contributed by atoms with Crippen molar-refractivity contribution >= 4 is 25.7 Å². The molecule has 0 aliphatic carbocycles. The number of nitrogens with zero attached hydrogens (tertiary/aromatic N) is 1. The number of aryl methyl sites for hydroxylation is 1. The number of rotatable bonds is 5. The van der Waals surface area contributed by atoms with Gasteiger partial charge in [-0.25, -0.2) is 21.2 Å². The molecule has 0 bridgehead atoms. The number of halogens is 1. The number of hydrogen-bond donors (Lipinski definition) is 1. The second-order valence-electron chi connectivity index (χ2n) is 7.42. The first-order valence-electron chi connectivity index (χ1n) is 9.63. The third-order valence-corrected chi connectivity index (χ3v) is 8.49. The van der Waals surface area contributed by atoms with E-state index in [0.717, 1.165) is 17.2 Å². The normalized spacial score (nSPS) is 14.8. The summed E-state index contributed by atoms with van der Waals surface area (Å²) in [5, 5.41) is 0. The van der Waals surface area contributed by atoms with Crippen LogP contribution in [0.4, 0.5) is 10.1 Å². The molecule has 0 saturated heterocycles. The average molecular weight is 461 g/mol. The molecule has 6 nitrogen and oxygen atoms in total. The van der Waals surface area contributed by atoms with Gasteiger partial charge in [-0.05, 0) is 60.9 Å². The Morgan fingerprint density at radius 1 is 0.903 bits per heavy atom. The topological polar surface area (TPSA) is 83.6 Å². The van der Waals surface area contributed by atoms with Gasteiger partial charge in [0.1, 0.15) is 10.7 Å². The van der Waals surface area contributed by atoms with Gasteiger partial charge in [-0.2, -0.15) is 4.31 Å². The van der Waals surface area contributed by atoms with Crippen LogP contribution in [0.3, 0.4) is 0 Å². The lowest BCUT2D eigenvalue weighted by Gasteiger charge is -2.28. The second kappa shape index (κ2) is 8.07. The van der Waals surface area contributed by atoms with Crippen LogP contribution in [-0.2, 0) is 33.0 Å². The Balaban J connectivity index is 1.60. The van der Waals surface area contributed by atoms with Crippen LogP contribution >= 0.6 is 0 Å². The van der Waals surface area contributed by atoms with Gasteiger partial charge in [-0.1, -0.05) is 35.9 Å². The summed E-state index contributed by atoms with van der Waals surface area (Å²) in [4.78, 5) is -0.228. The smallest absolute Gasteiger partial charge is 0.264 e. The van der Waals surface area contributed by atoms with Crippen molar-refractivity contribution in [1.82, 2.24) is 4.31 Å². The molecule has 162 valence electrons. The Morgan fingerprint density at radius 2 is 1.61 bits per heavy atom. The minimum absolute atomic E-state index is 0.126. The van der Waals surface area contributed by atoms with E-state index in [-0.39, 0.29) is 17.1 Å². The van der Waals surface area contributed by atoms with Crippen molar-refractivity contribution in [3.05, 3.63) is 89.2 Å². The van der Waals surface area contributed by atoms with Gasteiger partial charge in [0.25, 0.3) is 10.0 Å². The Kier molecular flexibility index (Phi) is 5.59. The fourth-order valence-electron chi connectivity index (χ4n) is 3.53. The Labute approximate surface area is 181 Å². The minimum Gasteiger partial charge on any atom is -0.280 e. The standard InChI is InChI=1S/C22H21FN2O4S2/c1-16-6-10-20(11-7-16)31(28,29)25-13-12-17-8-9-19(14-18(17)15-25)24-30(26,27)22-5-3-2-4-21(22)23/h2-11,14,24H,12-13,15H2,1H3. The van der Waals surface area contributed by atoms with Crippen LogP contribution in [-0.4, -0.2) is 27.7 Å². The maximum atomic E-state index is 13.9. The van der Waals surface area contributed by atoms with E-state index >= 15 is 0 Å². The zero-order chi connectivity index (χ0) is 22.2. The van der Waals surface area contributed by atoms with E-state index in [1.807, 2.05) is 6.92 Å². The number of sulfonamides is 2. The van der Waals surface area contributed by atoms with Crippen LogP contribution in [0.1, 0.15) is 16.7 Å². The van der Waals surface area contributed by atoms with Gasteiger partial charge >= 0.3 is 0 Å². The molecule has 0 fully saturated rings. The molecule has 3 aromatic carbocycles. The molecule has 0 saturated carbocycles. The van der Waals surface area contributed by atoms with Gasteiger partial charge in [0, 0.05) is 18.8 Å². The molecule has 0 atom stereocenters. The maximum absolute atomic E-state index is 13.9. The fourth-order valence-corrected chi connectivity index (χ4v) is 6.08. The molecule has 0 unspecified atom stereocenters. The quantitative estimate of drug-likeness (QED) is 0.630. The Bertz CT molecular complexity index is 1340. The summed E-state index contributed by atoms with van der Waals surface area (Å²) in [6.45, 7) is 2.35. The molecule has 1 heterocycles. The molecule has 9 heteroatoms. The number of anilines is 1. The summed E-state index contributed by atoms with van der Waals surface area (Å²) in [7, 11) is -7.79. The van der Waals surface area contributed by atoms with Gasteiger partial charge < -0.3 is 0 Å². The maximum Gasteiger partial charge on any atom is 0.264 e. The highest BCUT2D eigenvalue weighted by Gasteiger charge is 2.29. The SMILES string of the molecule is Cc1ccc(S(=O)(=O)N2CCc3ccc(NS(=O)(=O)c4ccccc4F)cc3C2)cc1. The number of benzene rings is 3. The first-order valence-corrected chi connectivity index (χ1v) is 12.6. The summed E-state index contributed by atoms with van der Waals surface area (Å²) in [5.41, 5.74) is 2.87. The van der Waals surface area contributed by atoms with Crippen LogP contribution in [0, 0.1) is 12.7 Å². The third-order valence-electron chi connectivity index (χ3n) is 5.22. The lowest BCUT2D eigenvalue weighted by molar-refractivity contribution is 0.391. The van der Waals surface area contributed by atoms with Gasteiger partial charge in [-0.15, -0.1) is 0 Å². The van der Waals surface area contributed by atoms with Crippen molar-refractivity contribution in [2.24, 2.45) is 0 Å². The molecule has 1 aliphatic heterocycles. The van der Waals surface area contributed by atoms with Crippen LogP contribution < -0.4 is 4.72 Å². The van der Waals surface area contributed by atoms with E-state index < -0.39 is 30.8 Å². The second-order valence-corrected chi connectivity index (χ2v) is 11.0. The largest absolute Gasteiger partial charge is 0.280 e. The Morgan fingerprint density at radius 3 is 2.32 bits per heavy atom. The van der Waals surface area contributed by atoms with Crippen molar-refractivity contribution in [2.45, 2.75) is 29.7 Å². The lowest BCUT2D eigenvalue weighted by Crippen LogP contribution is -2.36. The van der Waals surface area contributed by atoms with E-state index in [2.05, 4.69) is 4.72 Å². The molecule has 0 radical (unpaired) electrons. The fraction of sp³-hybridized carbons (Fsp3) is 0.182. The van der Waals surface area contributed by atoms with Crippen molar-refractivity contribution in [3.63, 3.8) is 0 Å². The third kappa shape index (κ3) is 4.34. The molecule has 0 spiro atoms. The Hall–Kier alpha value is -2.75. The van der Waals surface area contributed by atoms with Crippen molar-refractivity contribution < 1.29 is 21.2 Å². The zero-order valence-corrected chi connectivity index (χ0v) is 18.4. The summed E-state index contributed by atoms with van der Waals surface area (Å²) in [6, 6.07) is 16.8. The van der Waals surface area contributed by atoms with E-state index in [1.165, 1.54) is 22.5 Å². The molecule has 1 aliphatic rings. The van der Waals surface area contributed by atoms with Gasteiger partial charge in [0.15, 0.2) is 0 Å². The van der Waals surface area contributed by atoms with Crippen LogP contribution in [0.5, 0.6) is 0 Å². The predicted molar refractivity (Wildman–Crippen MR) is 116 cm³/mol. The molecule has 31 heavy (non-hydrogen) atoms. The molecule has 3 aromatic rings. The van der Waals surface area contributed by atoms with E-state index in [0.29, 0.717) is 18.5 Å². The predicted octanol–water partition coefficient (Wildman–Crippen LogP) is 3.68. The first-order chi connectivity index (χ1) is 14.7. The average Bonchev–Trinajstić information content (AvgIpc) is 2.73. The van der Waals surface area contributed by atoms with E-state index in [1.54, 1.807) is 42.5 Å². The monoisotopic (exact) mass is 460 g/mol. The van der Waals surface area contributed by atoms with Crippen LogP contribution in [0.2, 0.25) is 0 Å². The van der Waals surface area contributed by atoms with E-state index in [9.17, 15) is 21.2 Å². The van der Waals surface area contributed by atoms with Crippen molar-refractivity contribution in [1.29, 1.82) is 0 Å². The minimum atomic E-state index is -4.12. The summed E-state index contributed by atoms with van der Waals surface area (Å²) in [6.07, 6.45) is 0.515. The highest BCUT2D eigenvalue weighted by molar-refractivity contribution is 7.92. The van der Waals surface area contributed by atoms with Crippen LogP contribution in [0.15, 0.2) is 76.5 Å². The summed E-state index contributed by atoms with van der Waals surface area (Å²) < 4.78 is 68.9. The first kappa shape index (κ1) is 21.5. The summed E-state index contributed by atoms with van der Waals surface area (Å²) >= 11 is 0. The van der Waals surface area contributed by atoms with Crippen LogP contribution in [0.25, 0.3) is 0 Å². The highest BCUT2D eigenvalue weighted by Crippen LogP contribution is 2.28. The van der Waals surface area contributed by atoms with E-state index in [4.69, 9.17) is 0 Å². The number of nitrogens with one attached hydrogen (secondary N) is 1. The summed E-state index contributed by atoms with van der Waals surface area (Å²) in [5.74, 6) is -0.844. The number of fused-ring (bicyclic) bond motifs is 1. The highest BCUT2D eigenvalue weighted by atomic mass is 32.2. The molecule has 0 amide bonds. The molecule has 1 N–H and O–H groups in total. The van der Waals surface area contributed by atoms with Gasteiger partial charge in [0.2, 0.25) is 10.0 Å². The van der Waals surface area contributed by atoms with Crippen molar-refractivity contribution in [2.75, 3.05) is 11.3 Å². The number of hydrogen-bond acceptors (Lipinski definition) is 4. The van der Waals surface area contributed by atoms with Gasteiger partial charge in [0.05, 0.1) is 4.90 Å². The molecule has 4 rings (SSSR count).